The van der Waals surface area contributed by atoms with Crippen LogP contribution >= 0.6 is 11.3 Å². The van der Waals surface area contributed by atoms with E-state index in [1.807, 2.05) is 0 Å². The Labute approximate surface area is 121 Å². The van der Waals surface area contributed by atoms with Gasteiger partial charge in [0.15, 0.2) is 0 Å². The van der Waals surface area contributed by atoms with Crippen molar-refractivity contribution in [2.75, 3.05) is 0 Å². The Morgan fingerprint density at radius 2 is 2.10 bits per heavy atom. The number of benzene rings is 1. The number of hydrogen-bond donors (Lipinski definition) is 0. The van der Waals surface area contributed by atoms with E-state index in [4.69, 9.17) is 10.00 Å². The zero-order valence-electron chi connectivity index (χ0n) is 11.2. The molecular formula is C15H15FN2OS. The first-order chi connectivity index (χ1) is 9.72. The number of hydrogen-bond acceptors (Lipinski definition) is 4. The van der Waals surface area contributed by atoms with Crippen molar-refractivity contribution in [1.82, 2.24) is 4.98 Å². The highest BCUT2D eigenvalue weighted by Crippen LogP contribution is 2.22. The minimum atomic E-state index is -0.284. The van der Waals surface area contributed by atoms with Gasteiger partial charge in [-0.3, -0.25) is 0 Å². The van der Waals surface area contributed by atoms with Gasteiger partial charge in [0.25, 0.3) is 0 Å². The predicted octanol–water partition coefficient (Wildman–Crippen LogP) is 3.88. The Balaban J connectivity index is 2.04. The zero-order valence-corrected chi connectivity index (χ0v) is 12.0. The summed E-state index contributed by atoms with van der Waals surface area (Å²) in [6.07, 6.45) is 2.27. The van der Waals surface area contributed by atoms with Gasteiger partial charge in [0.1, 0.15) is 23.2 Å². The van der Waals surface area contributed by atoms with Crippen LogP contribution in [0.3, 0.4) is 0 Å². The molecule has 0 saturated carbocycles. The first kappa shape index (κ1) is 14.5. The molecule has 1 aromatic carbocycles. The van der Waals surface area contributed by atoms with Gasteiger partial charge in [-0.15, -0.1) is 11.3 Å². The van der Waals surface area contributed by atoms with Gasteiger partial charge in [0, 0.05) is 4.88 Å². The minimum Gasteiger partial charge on any atom is -0.486 e. The number of rotatable bonds is 6. The molecule has 20 heavy (non-hydrogen) atoms. The smallest absolute Gasteiger partial charge is 0.140 e. The standard InChI is InChI=1S/C15H15FN2OS/c1-2-3-13-14(8-9-17)20-15(18-13)10-19-12-6-4-11(16)5-7-12/h4-7H,2-3,8,10H2,1H3. The van der Waals surface area contributed by atoms with Crippen LogP contribution in [0.15, 0.2) is 24.3 Å². The highest BCUT2D eigenvalue weighted by atomic mass is 32.1. The number of nitrogens with zero attached hydrogens (tertiary/aromatic N) is 2. The van der Waals surface area contributed by atoms with Crippen molar-refractivity contribution in [3.8, 4) is 11.8 Å². The van der Waals surface area contributed by atoms with Crippen LogP contribution in [0.2, 0.25) is 0 Å². The Morgan fingerprint density at radius 3 is 2.75 bits per heavy atom. The molecular weight excluding hydrogens is 275 g/mol. The van der Waals surface area contributed by atoms with E-state index in [9.17, 15) is 4.39 Å². The topological polar surface area (TPSA) is 45.9 Å². The van der Waals surface area contributed by atoms with Gasteiger partial charge < -0.3 is 4.74 Å². The second-order valence-electron chi connectivity index (χ2n) is 4.30. The predicted molar refractivity (Wildman–Crippen MR) is 76.2 cm³/mol. The minimum absolute atomic E-state index is 0.284. The second-order valence-corrected chi connectivity index (χ2v) is 5.47. The molecule has 0 unspecified atom stereocenters. The maximum atomic E-state index is 12.8. The van der Waals surface area contributed by atoms with Crippen molar-refractivity contribution >= 4 is 11.3 Å². The quantitative estimate of drug-likeness (QED) is 0.811. The normalized spacial score (nSPS) is 10.2. The molecule has 0 radical (unpaired) electrons. The highest BCUT2D eigenvalue weighted by molar-refractivity contribution is 7.11. The molecule has 1 aromatic heterocycles. The van der Waals surface area contributed by atoms with E-state index in [2.05, 4.69) is 18.0 Å². The van der Waals surface area contributed by atoms with E-state index in [0.717, 1.165) is 28.4 Å². The molecule has 0 bridgehead atoms. The van der Waals surface area contributed by atoms with Crippen molar-refractivity contribution in [3.05, 3.63) is 45.7 Å². The molecule has 2 rings (SSSR count). The fraction of sp³-hybridized carbons (Fsp3) is 0.333. The molecule has 5 heteroatoms. The summed E-state index contributed by atoms with van der Waals surface area (Å²) in [6.45, 7) is 2.43. The Bertz CT molecular complexity index is 601. The molecule has 0 aliphatic carbocycles. The summed E-state index contributed by atoms with van der Waals surface area (Å²) >= 11 is 1.51. The molecule has 0 atom stereocenters. The molecule has 0 saturated heterocycles. The lowest BCUT2D eigenvalue weighted by Crippen LogP contribution is -1.95. The number of aryl methyl sites for hydroxylation is 1. The van der Waals surface area contributed by atoms with E-state index >= 15 is 0 Å². The molecule has 0 amide bonds. The van der Waals surface area contributed by atoms with Gasteiger partial charge in [-0.05, 0) is 30.7 Å². The van der Waals surface area contributed by atoms with E-state index < -0.39 is 0 Å². The third-order valence-corrected chi connectivity index (χ3v) is 3.80. The Kier molecular flexibility index (Phi) is 5.08. The third kappa shape index (κ3) is 3.78. The van der Waals surface area contributed by atoms with Crippen LogP contribution in [0.5, 0.6) is 5.75 Å². The van der Waals surface area contributed by atoms with E-state index in [1.54, 1.807) is 12.1 Å². The molecule has 3 nitrogen and oxygen atoms in total. The SMILES string of the molecule is CCCc1nc(COc2ccc(F)cc2)sc1CC#N. The summed E-state index contributed by atoms with van der Waals surface area (Å²) in [5.41, 5.74) is 0.997. The van der Waals surface area contributed by atoms with Gasteiger partial charge in [-0.2, -0.15) is 5.26 Å². The molecule has 1 heterocycles. The maximum absolute atomic E-state index is 12.8. The van der Waals surface area contributed by atoms with Crippen LogP contribution in [0.1, 0.15) is 28.9 Å². The second kappa shape index (κ2) is 7.01. The molecule has 0 aliphatic rings. The molecule has 0 fully saturated rings. The first-order valence-corrected chi connectivity index (χ1v) is 7.27. The van der Waals surface area contributed by atoms with Crippen LogP contribution in [0.25, 0.3) is 0 Å². The monoisotopic (exact) mass is 290 g/mol. The lowest BCUT2D eigenvalue weighted by molar-refractivity contribution is 0.305. The van der Waals surface area contributed by atoms with Crippen LogP contribution in [-0.2, 0) is 19.4 Å². The summed E-state index contributed by atoms with van der Waals surface area (Å²) in [5.74, 6) is 0.327. The number of nitriles is 1. The lowest BCUT2D eigenvalue weighted by atomic mass is 10.2. The Morgan fingerprint density at radius 1 is 1.35 bits per heavy atom. The lowest BCUT2D eigenvalue weighted by Gasteiger charge is -2.03. The van der Waals surface area contributed by atoms with Gasteiger partial charge in [0.2, 0.25) is 0 Å². The van der Waals surface area contributed by atoms with Gasteiger partial charge in [-0.25, -0.2) is 9.37 Å². The summed E-state index contributed by atoms with van der Waals surface area (Å²) in [4.78, 5) is 5.54. The average Bonchev–Trinajstić information content (AvgIpc) is 2.82. The molecule has 0 aliphatic heterocycles. The van der Waals surface area contributed by atoms with Crippen molar-refractivity contribution < 1.29 is 9.13 Å². The van der Waals surface area contributed by atoms with E-state index in [-0.39, 0.29) is 5.82 Å². The van der Waals surface area contributed by atoms with Crippen LogP contribution in [-0.4, -0.2) is 4.98 Å². The van der Waals surface area contributed by atoms with Crippen LogP contribution < -0.4 is 4.74 Å². The number of halogens is 1. The number of aromatic nitrogens is 1. The fourth-order valence-corrected chi connectivity index (χ4v) is 2.78. The number of ether oxygens (including phenoxy) is 1. The number of thiazole rings is 1. The zero-order chi connectivity index (χ0) is 14.4. The van der Waals surface area contributed by atoms with E-state index in [1.165, 1.54) is 23.5 Å². The largest absolute Gasteiger partial charge is 0.486 e. The van der Waals surface area contributed by atoms with Crippen molar-refractivity contribution in [3.63, 3.8) is 0 Å². The van der Waals surface area contributed by atoms with Gasteiger partial charge in [-0.1, -0.05) is 13.3 Å². The third-order valence-electron chi connectivity index (χ3n) is 2.72. The van der Waals surface area contributed by atoms with Crippen molar-refractivity contribution in [2.45, 2.75) is 32.8 Å². The summed E-state index contributed by atoms with van der Waals surface area (Å²) in [5, 5.41) is 9.67. The van der Waals surface area contributed by atoms with Crippen molar-refractivity contribution in [1.29, 1.82) is 5.26 Å². The molecule has 2 aromatic rings. The average molecular weight is 290 g/mol. The van der Waals surface area contributed by atoms with Gasteiger partial charge in [0.05, 0.1) is 18.2 Å². The molecule has 104 valence electrons. The fourth-order valence-electron chi connectivity index (χ4n) is 1.82. The van der Waals surface area contributed by atoms with Crippen molar-refractivity contribution in [2.24, 2.45) is 0 Å². The summed E-state index contributed by atoms with van der Waals surface area (Å²) in [7, 11) is 0. The Hall–Kier alpha value is -1.93. The maximum Gasteiger partial charge on any atom is 0.140 e. The van der Waals surface area contributed by atoms with E-state index in [0.29, 0.717) is 18.8 Å². The first-order valence-electron chi connectivity index (χ1n) is 6.45. The van der Waals surface area contributed by atoms with Crippen LogP contribution in [0, 0.1) is 17.1 Å². The highest BCUT2D eigenvalue weighted by Gasteiger charge is 2.10. The van der Waals surface area contributed by atoms with Gasteiger partial charge >= 0.3 is 0 Å². The summed E-state index contributed by atoms with van der Waals surface area (Å²) in [6, 6.07) is 8.07. The summed E-state index contributed by atoms with van der Waals surface area (Å²) < 4.78 is 18.3. The molecule has 0 N–H and O–H groups in total. The molecule has 0 spiro atoms. The van der Waals surface area contributed by atoms with Crippen LogP contribution in [0.4, 0.5) is 4.39 Å².